The number of phenols is 1. The number of fused-ring (bicyclic) bond motifs is 1. The molecular weight excluding hydrogens is 198 g/mol. The van der Waals surface area contributed by atoms with Gasteiger partial charge in [-0.15, -0.1) is 0 Å². The predicted octanol–water partition coefficient (Wildman–Crippen LogP) is 3.41. The first kappa shape index (κ1) is 11.3. The van der Waals surface area contributed by atoms with Crippen LogP contribution >= 0.6 is 0 Å². The van der Waals surface area contributed by atoms with E-state index in [2.05, 4.69) is 26.1 Å². The lowest BCUT2D eigenvalue weighted by Gasteiger charge is -2.31. The maximum atomic E-state index is 9.40. The van der Waals surface area contributed by atoms with Crippen LogP contribution in [0.1, 0.15) is 32.8 Å². The van der Waals surface area contributed by atoms with Crippen LogP contribution in [0.4, 0.5) is 5.69 Å². The zero-order valence-electron chi connectivity index (χ0n) is 10.4. The number of anilines is 1. The molecule has 0 unspecified atom stereocenters. The molecular formula is C14H21NO. The highest BCUT2D eigenvalue weighted by atomic mass is 16.3. The zero-order chi connectivity index (χ0) is 11.8. The molecule has 1 atom stereocenters. The Morgan fingerprint density at radius 3 is 2.81 bits per heavy atom. The van der Waals surface area contributed by atoms with E-state index in [1.54, 1.807) is 6.07 Å². The highest BCUT2D eigenvalue weighted by molar-refractivity contribution is 5.56. The molecule has 1 aliphatic heterocycles. The van der Waals surface area contributed by atoms with Crippen LogP contribution in [0.3, 0.4) is 0 Å². The largest absolute Gasteiger partial charge is 0.508 e. The lowest BCUT2D eigenvalue weighted by Crippen LogP contribution is -2.26. The van der Waals surface area contributed by atoms with Gasteiger partial charge >= 0.3 is 0 Å². The standard InChI is InChI=1S/C14H21NO/c1-14(2,3)8-10-6-11-4-5-12(16)7-13(11)15-9-10/h4-5,7,10,15-16H,6,8-9H2,1-3H3/t10-/m1/s1. The van der Waals surface area contributed by atoms with Gasteiger partial charge < -0.3 is 10.4 Å². The van der Waals surface area contributed by atoms with Crippen LogP contribution in [0.2, 0.25) is 0 Å². The summed E-state index contributed by atoms with van der Waals surface area (Å²) < 4.78 is 0. The summed E-state index contributed by atoms with van der Waals surface area (Å²) in [5.41, 5.74) is 2.82. The first-order chi connectivity index (χ1) is 7.44. The molecule has 0 radical (unpaired) electrons. The molecule has 1 aromatic carbocycles. The van der Waals surface area contributed by atoms with E-state index in [0.717, 1.165) is 18.7 Å². The lowest BCUT2D eigenvalue weighted by molar-refractivity contribution is 0.297. The predicted molar refractivity (Wildman–Crippen MR) is 67.9 cm³/mol. The molecule has 2 nitrogen and oxygen atoms in total. The number of nitrogens with one attached hydrogen (secondary N) is 1. The van der Waals surface area contributed by atoms with Crippen molar-refractivity contribution >= 4 is 5.69 Å². The molecule has 0 aliphatic carbocycles. The molecule has 0 saturated carbocycles. The second-order valence-corrected chi connectivity index (χ2v) is 6.06. The minimum atomic E-state index is 0.348. The number of aromatic hydroxyl groups is 1. The summed E-state index contributed by atoms with van der Waals surface area (Å²) in [5, 5.41) is 12.8. The van der Waals surface area contributed by atoms with E-state index in [-0.39, 0.29) is 0 Å². The Hall–Kier alpha value is -1.18. The van der Waals surface area contributed by atoms with Gasteiger partial charge in [-0.25, -0.2) is 0 Å². The lowest BCUT2D eigenvalue weighted by atomic mass is 9.80. The number of hydrogen-bond acceptors (Lipinski definition) is 2. The highest BCUT2D eigenvalue weighted by Crippen LogP contribution is 2.33. The van der Waals surface area contributed by atoms with Crippen LogP contribution in [-0.4, -0.2) is 11.7 Å². The maximum absolute atomic E-state index is 9.40. The van der Waals surface area contributed by atoms with Crippen molar-refractivity contribution in [3.05, 3.63) is 23.8 Å². The van der Waals surface area contributed by atoms with Crippen LogP contribution in [-0.2, 0) is 6.42 Å². The minimum absolute atomic E-state index is 0.348. The van der Waals surface area contributed by atoms with Crippen molar-refractivity contribution in [2.24, 2.45) is 11.3 Å². The highest BCUT2D eigenvalue weighted by Gasteiger charge is 2.23. The Morgan fingerprint density at radius 2 is 2.12 bits per heavy atom. The van der Waals surface area contributed by atoms with Crippen molar-refractivity contribution < 1.29 is 5.11 Å². The Bertz CT molecular complexity index is 379. The fourth-order valence-corrected chi connectivity index (χ4v) is 2.55. The molecule has 2 rings (SSSR count). The average Bonchev–Trinajstić information content (AvgIpc) is 2.16. The van der Waals surface area contributed by atoms with Crippen LogP contribution < -0.4 is 5.32 Å². The van der Waals surface area contributed by atoms with E-state index in [0.29, 0.717) is 17.1 Å². The molecule has 88 valence electrons. The van der Waals surface area contributed by atoms with Crippen LogP contribution in [0.25, 0.3) is 0 Å². The average molecular weight is 219 g/mol. The third kappa shape index (κ3) is 2.69. The van der Waals surface area contributed by atoms with E-state index >= 15 is 0 Å². The van der Waals surface area contributed by atoms with E-state index < -0.39 is 0 Å². The van der Waals surface area contributed by atoms with Crippen molar-refractivity contribution in [3.8, 4) is 5.75 Å². The molecule has 2 N–H and O–H groups in total. The second-order valence-electron chi connectivity index (χ2n) is 6.06. The number of rotatable bonds is 1. The summed E-state index contributed by atoms with van der Waals surface area (Å²) in [7, 11) is 0. The van der Waals surface area contributed by atoms with Crippen molar-refractivity contribution in [1.29, 1.82) is 0 Å². The fraction of sp³-hybridized carbons (Fsp3) is 0.571. The number of benzene rings is 1. The van der Waals surface area contributed by atoms with Gasteiger partial charge in [0.25, 0.3) is 0 Å². The van der Waals surface area contributed by atoms with Crippen LogP contribution in [0, 0.1) is 11.3 Å². The summed E-state index contributed by atoms with van der Waals surface area (Å²) in [6, 6.07) is 5.63. The van der Waals surface area contributed by atoms with Crippen molar-refractivity contribution in [3.63, 3.8) is 0 Å². The topological polar surface area (TPSA) is 32.3 Å². The zero-order valence-corrected chi connectivity index (χ0v) is 10.4. The molecule has 0 amide bonds. The van der Waals surface area contributed by atoms with Crippen LogP contribution in [0.5, 0.6) is 5.75 Å². The monoisotopic (exact) mass is 219 g/mol. The van der Waals surface area contributed by atoms with Gasteiger partial charge in [0.1, 0.15) is 5.75 Å². The van der Waals surface area contributed by atoms with Gasteiger partial charge in [0.05, 0.1) is 0 Å². The Balaban J connectivity index is 2.09. The van der Waals surface area contributed by atoms with E-state index in [1.165, 1.54) is 12.0 Å². The minimum Gasteiger partial charge on any atom is -0.508 e. The smallest absolute Gasteiger partial charge is 0.117 e. The van der Waals surface area contributed by atoms with Crippen molar-refractivity contribution in [2.75, 3.05) is 11.9 Å². The molecule has 0 fully saturated rings. The Kier molecular flexibility index (Phi) is 2.83. The fourth-order valence-electron chi connectivity index (χ4n) is 2.55. The summed E-state index contributed by atoms with van der Waals surface area (Å²) in [5.74, 6) is 1.05. The van der Waals surface area contributed by atoms with Crippen molar-refractivity contribution in [2.45, 2.75) is 33.6 Å². The molecule has 1 heterocycles. The van der Waals surface area contributed by atoms with Gasteiger partial charge in [-0.2, -0.15) is 0 Å². The van der Waals surface area contributed by atoms with Crippen molar-refractivity contribution in [1.82, 2.24) is 0 Å². The van der Waals surface area contributed by atoms with Gasteiger partial charge in [-0.3, -0.25) is 0 Å². The third-order valence-corrected chi connectivity index (χ3v) is 3.08. The molecule has 0 spiro atoms. The molecule has 1 aliphatic rings. The Morgan fingerprint density at radius 1 is 1.38 bits per heavy atom. The van der Waals surface area contributed by atoms with E-state index in [1.807, 2.05) is 12.1 Å². The molecule has 0 saturated heterocycles. The van der Waals surface area contributed by atoms with E-state index in [4.69, 9.17) is 0 Å². The first-order valence-electron chi connectivity index (χ1n) is 6.00. The first-order valence-corrected chi connectivity index (χ1v) is 6.00. The second kappa shape index (κ2) is 4.00. The number of phenolic OH excluding ortho intramolecular Hbond substituents is 1. The number of hydrogen-bond donors (Lipinski definition) is 2. The summed E-state index contributed by atoms with van der Waals surface area (Å²) in [6.45, 7) is 7.89. The van der Waals surface area contributed by atoms with E-state index in [9.17, 15) is 5.11 Å². The summed E-state index contributed by atoms with van der Waals surface area (Å²) in [6.07, 6.45) is 2.36. The molecule has 2 heteroatoms. The quantitative estimate of drug-likeness (QED) is 0.758. The molecule has 16 heavy (non-hydrogen) atoms. The maximum Gasteiger partial charge on any atom is 0.117 e. The Labute approximate surface area is 97.7 Å². The summed E-state index contributed by atoms with van der Waals surface area (Å²) >= 11 is 0. The van der Waals surface area contributed by atoms with Gasteiger partial charge in [0.2, 0.25) is 0 Å². The molecule has 0 bridgehead atoms. The van der Waals surface area contributed by atoms with Crippen LogP contribution in [0.15, 0.2) is 18.2 Å². The normalized spacial score (nSPS) is 20.1. The summed E-state index contributed by atoms with van der Waals surface area (Å²) in [4.78, 5) is 0. The van der Waals surface area contributed by atoms with Gasteiger partial charge in [-0.1, -0.05) is 26.8 Å². The molecule has 1 aromatic rings. The van der Waals surface area contributed by atoms with Gasteiger partial charge in [0.15, 0.2) is 0 Å². The third-order valence-electron chi connectivity index (χ3n) is 3.08. The molecule has 0 aromatic heterocycles. The van der Waals surface area contributed by atoms with Gasteiger partial charge in [-0.05, 0) is 35.8 Å². The van der Waals surface area contributed by atoms with Gasteiger partial charge in [0, 0.05) is 18.3 Å². The SMILES string of the molecule is CC(C)(C)C[C@@H]1CNc2cc(O)ccc2C1.